The molecule has 0 aromatic heterocycles. The first kappa shape index (κ1) is 14.0. The maximum absolute atomic E-state index is 9.56. The summed E-state index contributed by atoms with van der Waals surface area (Å²) in [6.45, 7) is 4.65. The predicted molar refractivity (Wildman–Crippen MR) is 71.5 cm³/mol. The van der Waals surface area contributed by atoms with Crippen molar-refractivity contribution in [3.8, 4) is 5.75 Å². The monoisotopic (exact) mass is 236 g/mol. The summed E-state index contributed by atoms with van der Waals surface area (Å²) < 4.78 is 5.53. The lowest BCUT2D eigenvalue weighted by Gasteiger charge is -2.11. The molecule has 1 atom stereocenters. The molecular formula is C15H24O2. The van der Waals surface area contributed by atoms with Gasteiger partial charge in [0.2, 0.25) is 0 Å². The third-order valence-corrected chi connectivity index (χ3v) is 2.81. The summed E-state index contributed by atoms with van der Waals surface area (Å²) >= 11 is 0. The molecule has 1 unspecified atom stereocenters. The molecule has 0 spiro atoms. The Morgan fingerprint density at radius 1 is 1.12 bits per heavy atom. The Hall–Kier alpha value is -1.02. The van der Waals surface area contributed by atoms with Gasteiger partial charge in [-0.05, 0) is 37.0 Å². The zero-order valence-corrected chi connectivity index (χ0v) is 11.0. The van der Waals surface area contributed by atoms with Crippen molar-refractivity contribution in [1.29, 1.82) is 0 Å². The zero-order valence-electron chi connectivity index (χ0n) is 11.0. The molecule has 96 valence electrons. The van der Waals surface area contributed by atoms with E-state index in [4.69, 9.17) is 4.74 Å². The normalized spacial score (nSPS) is 12.4. The van der Waals surface area contributed by atoms with E-state index in [1.54, 1.807) is 0 Å². The van der Waals surface area contributed by atoms with Crippen LogP contribution in [-0.2, 0) is 6.42 Å². The zero-order chi connectivity index (χ0) is 12.5. The summed E-state index contributed by atoms with van der Waals surface area (Å²) in [5.74, 6) is 0.848. The van der Waals surface area contributed by atoms with E-state index < -0.39 is 0 Å². The van der Waals surface area contributed by atoms with Gasteiger partial charge in [-0.1, -0.05) is 38.8 Å². The Morgan fingerprint density at radius 2 is 1.82 bits per heavy atom. The molecule has 1 aromatic carbocycles. The number of aryl methyl sites for hydroxylation is 1. The SMILES string of the molecule is CCCCc1ccc(OCC(O)CCC)cc1. The van der Waals surface area contributed by atoms with E-state index in [1.165, 1.54) is 18.4 Å². The predicted octanol–water partition coefficient (Wildman–Crippen LogP) is 3.57. The van der Waals surface area contributed by atoms with Crippen LogP contribution in [0.4, 0.5) is 0 Å². The van der Waals surface area contributed by atoms with Crippen LogP contribution in [0.5, 0.6) is 5.75 Å². The van der Waals surface area contributed by atoms with E-state index in [9.17, 15) is 5.11 Å². The molecule has 0 fully saturated rings. The third-order valence-electron chi connectivity index (χ3n) is 2.81. The summed E-state index contributed by atoms with van der Waals surface area (Å²) in [5.41, 5.74) is 1.35. The lowest BCUT2D eigenvalue weighted by molar-refractivity contribution is 0.0993. The van der Waals surface area contributed by atoms with Crippen LogP contribution < -0.4 is 4.74 Å². The number of unbranched alkanes of at least 4 members (excludes halogenated alkanes) is 1. The van der Waals surface area contributed by atoms with E-state index in [1.807, 2.05) is 12.1 Å². The lowest BCUT2D eigenvalue weighted by Crippen LogP contribution is -2.16. The maximum atomic E-state index is 9.56. The van der Waals surface area contributed by atoms with Gasteiger partial charge < -0.3 is 9.84 Å². The first-order valence-electron chi connectivity index (χ1n) is 6.66. The van der Waals surface area contributed by atoms with Crippen LogP contribution >= 0.6 is 0 Å². The highest BCUT2D eigenvalue weighted by molar-refractivity contribution is 5.27. The molecule has 17 heavy (non-hydrogen) atoms. The molecule has 0 aliphatic rings. The van der Waals surface area contributed by atoms with Crippen LogP contribution in [-0.4, -0.2) is 17.8 Å². The highest BCUT2D eigenvalue weighted by Crippen LogP contribution is 2.14. The van der Waals surface area contributed by atoms with Crippen LogP contribution in [0.2, 0.25) is 0 Å². The second-order valence-electron chi connectivity index (χ2n) is 4.50. The van der Waals surface area contributed by atoms with Gasteiger partial charge >= 0.3 is 0 Å². The van der Waals surface area contributed by atoms with Gasteiger partial charge in [0.05, 0.1) is 6.10 Å². The maximum Gasteiger partial charge on any atom is 0.119 e. The first-order chi connectivity index (χ1) is 8.26. The molecule has 1 aromatic rings. The lowest BCUT2D eigenvalue weighted by atomic mass is 10.1. The van der Waals surface area contributed by atoms with Crippen LogP contribution in [0.1, 0.15) is 45.1 Å². The first-order valence-corrected chi connectivity index (χ1v) is 6.66. The number of hydrogen-bond acceptors (Lipinski definition) is 2. The van der Waals surface area contributed by atoms with Crippen molar-refractivity contribution < 1.29 is 9.84 Å². The molecule has 2 heteroatoms. The van der Waals surface area contributed by atoms with Gasteiger partial charge in [0, 0.05) is 0 Å². The molecule has 0 aliphatic heterocycles. The van der Waals surface area contributed by atoms with Crippen LogP contribution in [0.15, 0.2) is 24.3 Å². The second kappa shape index (κ2) is 8.13. The summed E-state index contributed by atoms with van der Waals surface area (Å²) in [6.07, 6.45) is 5.03. The van der Waals surface area contributed by atoms with Crippen LogP contribution in [0, 0.1) is 0 Å². The Balaban J connectivity index is 2.34. The number of rotatable bonds is 8. The fourth-order valence-electron chi connectivity index (χ4n) is 1.74. The third kappa shape index (κ3) is 5.73. The number of aliphatic hydroxyl groups excluding tert-OH is 1. The average molecular weight is 236 g/mol. The van der Waals surface area contributed by atoms with E-state index in [2.05, 4.69) is 26.0 Å². The number of hydrogen-bond donors (Lipinski definition) is 1. The van der Waals surface area contributed by atoms with Gasteiger partial charge in [0.1, 0.15) is 12.4 Å². The quantitative estimate of drug-likeness (QED) is 0.747. The smallest absolute Gasteiger partial charge is 0.119 e. The molecule has 0 heterocycles. The molecule has 0 radical (unpaired) electrons. The molecule has 0 aliphatic carbocycles. The van der Waals surface area contributed by atoms with Gasteiger partial charge in [0.25, 0.3) is 0 Å². The Kier molecular flexibility index (Phi) is 6.71. The van der Waals surface area contributed by atoms with Gasteiger partial charge in [-0.3, -0.25) is 0 Å². The Bertz CT molecular complexity index is 292. The largest absolute Gasteiger partial charge is 0.491 e. The summed E-state index contributed by atoms with van der Waals surface area (Å²) in [4.78, 5) is 0. The number of ether oxygens (including phenoxy) is 1. The average Bonchev–Trinajstić information content (AvgIpc) is 2.35. The molecule has 1 rings (SSSR count). The highest BCUT2D eigenvalue weighted by atomic mass is 16.5. The van der Waals surface area contributed by atoms with E-state index in [-0.39, 0.29) is 6.10 Å². The number of aliphatic hydroxyl groups is 1. The summed E-state index contributed by atoms with van der Waals surface area (Å²) in [6, 6.07) is 8.20. The van der Waals surface area contributed by atoms with Crippen molar-refractivity contribution in [2.24, 2.45) is 0 Å². The standard InChI is InChI=1S/C15H24O2/c1-3-5-7-13-8-10-15(11-9-13)17-12-14(16)6-4-2/h8-11,14,16H,3-7,12H2,1-2H3. The van der Waals surface area contributed by atoms with Crippen molar-refractivity contribution in [2.45, 2.75) is 52.1 Å². The molecule has 0 bridgehead atoms. The van der Waals surface area contributed by atoms with Gasteiger partial charge in [-0.25, -0.2) is 0 Å². The highest BCUT2D eigenvalue weighted by Gasteiger charge is 2.03. The van der Waals surface area contributed by atoms with Crippen LogP contribution in [0.3, 0.4) is 0 Å². The topological polar surface area (TPSA) is 29.5 Å². The fourth-order valence-corrected chi connectivity index (χ4v) is 1.74. The van der Waals surface area contributed by atoms with Crippen molar-refractivity contribution in [2.75, 3.05) is 6.61 Å². The Morgan fingerprint density at radius 3 is 2.41 bits per heavy atom. The van der Waals surface area contributed by atoms with E-state index in [0.29, 0.717) is 6.61 Å². The minimum absolute atomic E-state index is 0.347. The molecule has 0 amide bonds. The Labute approximate surface area is 105 Å². The molecular weight excluding hydrogens is 212 g/mol. The molecule has 2 nitrogen and oxygen atoms in total. The van der Waals surface area contributed by atoms with Gasteiger partial charge in [-0.15, -0.1) is 0 Å². The van der Waals surface area contributed by atoms with Crippen molar-refractivity contribution in [1.82, 2.24) is 0 Å². The van der Waals surface area contributed by atoms with Crippen molar-refractivity contribution >= 4 is 0 Å². The molecule has 0 saturated carbocycles. The van der Waals surface area contributed by atoms with Gasteiger partial charge in [0.15, 0.2) is 0 Å². The second-order valence-corrected chi connectivity index (χ2v) is 4.50. The van der Waals surface area contributed by atoms with Gasteiger partial charge in [-0.2, -0.15) is 0 Å². The molecule has 0 saturated heterocycles. The fraction of sp³-hybridized carbons (Fsp3) is 0.600. The summed E-state index contributed by atoms with van der Waals surface area (Å²) in [7, 11) is 0. The minimum Gasteiger partial charge on any atom is -0.491 e. The van der Waals surface area contributed by atoms with E-state index >= 15 is 0 Å². The van der Waals surface area contributed by atoms with Crippen LogP contribution in [0.25, 0.3) is 0 Å². The minimum atomic E-state index is -0.347. The summed E-state index contributed by atoms with van der Waals surface area (Å²) in [5, 5.41) is 9.56. The van der Waals surface area contributed by atoms with Crippen molar-refractivity contribution in [3.05, 3.63) is 29.8 Å². The number of benzene rings is 1. The molecule has 1 N–H and O–H groups in total. The van der Waals surface area contributed by atoms with Crippen molar-refractivity contribution in [3.63, 3.8) is 0 Å². The van der Waals surface area contributed by atoms with E-state index in [0.717, 1.165) is 25.0 Å².